The maximum absolute atomic E-state index is 11.5. The summed E-state index contributed by atoms with van der Waals surface area (Å²) in [6.07, 6.45) is 2.32. The third kappa shape index (κ3) is 9.48. The molecule has 0 bridgehead atoms. The molecule has 1 aliphatic rings. The first-order chi connectivity index (χ1) is 31.8. The normalized spacial score (nSPS) is 13.0. The number of anilines is 1. The molecule has 65 heavy (non-hydrogen) atoms. The molecule has 0 aliphatic carbocycles. The SMILES string of the molecule is O=S(=O)(O)c1ccc(-c2ccc(OCCN3C(=Cc4sc5ccc(-c6ccccc6)cc5[n+]4CCOc4ccc(-c5ccccc5)cc4)Sc4ccc(-c5ccccc5)cc43)cc2)cc1. The second kappa shape index (κ2) is 18.6. The zero-order valence-corrected chi connectivity index (χ0v) is 37.6. The molecule has 2 heterocycles. The van der Waals surface area contributed by atoms with Gasteiger partial charge in [0.05, 0.1) is 28.2 Å². The van der Waals surface area contributed by atoms with Gasteiger partial charge in [-0.15, -0.1) is 0 Å². The molecular formula is C55H43N2O5S3+. The highest BCUT2D eigenvalue weighted by atomic mass is 32.2. The summed E-state index contributed by atoms with van der Waals surface area (Å²) in [5.74, 6) is 1.56. The van der Waals surface area contributed by atoms with E-state index in [0.29, 0.717) is 26.3 Å². The van der Waals surface area contributed by atoms with E-state index in [9.17, 15) is 13.0 Å². The van der Waals surface area contributed by atoms with E-state index in [1.54, 1.807) is 35.2 Å². The van der Waals surface area contributed by atoms with Gasteiger partial charge in [-0.3, -0.25) is 4.55 Å². The van der Waals surface area contributed by atoms with Crippen LogP contribution in [0.2, 0.25) is 0 Å². The Morgan fingerprint density at radius 2 is 1.02 bits per heavy atom. The van der Waals surface area contributed by atoms with E-state index in [1.807, 2.05) is 54.6 Å². The Labute approximate surface area is 387 Å². The van der Waals surface area contributed by atoms with Gasteiger partial charge in [-0.05, 0) is 99.1 Å². The summed E-state index contributed by atoms with van der Waals surface area (Å²) < 4.78 is 48.9. The first kappa shape index (κ1) is 42.0. The lowest BCUT2D eigenvalue weighted by Crippen LogP contribution is -2.38. The number of aromatic nitrogens is 1. The third-order valence-corrected chi connectivity index (χ3v) is 14.5. The van der Waals surface area contributed by atoms with Crippen LogP contribution in [0.25, 0.3) is 60.8 Å². The molecule has 0 radical (unpaired) electrons. The van der Waals surface area contributed by atoms with Crippen molar-refractivity contribution in [3.63, 3.8) is 0 Å². The van der Waals surface area contributed by atoms with Crippen LogP contribution in [0.4, 0.5) is 5.69 Å². The van der Waals surface area contributed by atoms with Crippen LogP contribution in [-0.2, 0) is 16.7 Å². The van der Waals surface area contributed by atoms with Gasteiger partial charge in [0.2, 0.25) is 5.52 Å². The van der Waals surface area contributed by atoms with Crippen molar-refractivity contribution in [3.8, 4) is 56.0 Å². The quantitative estimate of drug-likeness (QED) is 0.0860. The number of ether oxygens (including phenoxy) is 2. The van der Waals surface area contributed by atoms with E-state index < -0.39 is 10.1 Å². The van der Waals surface area contributed by atoms with Crippen molar-refractivity contribution in [1.82, 2.24) is 0 Å². The molecule has 0 amide bonds. The molecule has 320 valence electrons. The number of thioether (sulfide) groups is 1. The van der Waals surface area contributed by atoms with Crippen molar-refractivity contribution in [2.45, 2.75) is 16.3 Å². The van der Waals surface area contributed by atoms with Crippen molar-refractivity contribution in [2.75, 3.05) is 24.7 Å². The predicted molar refractivity (Wildman–Crippen MR) is 265 cm³/mol. The molecule has 7 nitrogen and oxygen atoms in total. The molecule has 0 spiro atoms. The van der Waals surface area contributed by atoms with E-state index in [0.717, 1.165) is 60.6 Å². The largest absolute Gasteiger partial charge is 0.492 e. The van der Waals surface area contributed by atoms with Crippen molar-refractivity contribution < 1.29 is 27.0 Å². The average molecular weight is 908 g/mol. The molecule has 1 N–H and O–H groups in total. The fourth-order valence-electron chi connectivity index (χ4n) is 8.05. The topological polar surface area (TPSA) is 80.0 Å². The van der Waals surface area contributed by atoms with Gasteiger partial charge in [0.15, 0.2) is 6.54 Å². The second-order valence-electron chi connectivity index (χ2n) is 15.5. The highest BCUT2D eigenvalue weighted by Gasteiger charge is 2.29. The molecule has 10 rings (SSSR count). The summed E-state index contributed by atoms with van der Waals surface area (Å²) in [6, 6.07) is 67.0. The highest BCUT2D eigenvalue weighted by Crippen LogP contribution is 2.48. The molecule has 0 atom stereocenters. The van der Waals surface area contributed by atoms with Crippen molar-refractivity contribution in [2.24, 2.45) is 0 Å². The van der Waals surface area contributed by atoms with Gasteiger partial charge >= 0.3 is 0 Å². The Balaban J connectivity index is 0.945. The Kier molecular flexibility index (Phi) is 12.1. The van der Waals surface area contributed by atoms with Crippen LogP contribution in [0.15, 0.2) is 215 Å². The average Bonchev–Trinajstić information content (AvgIpc) is 3.88. The number of hydrogen-bond donors (Lipinski definition) is 1. The third-order valence-electron chi connectivity index (χ3n) is 11.4. The fraction of sp³-hybridized carbons (Fsp3) is 0.0727. The summed E-state index contributed by atoms with van der Waals surface area (Å²) in [4.78, 5) is 3.41. The minimum atomic E-state index is -4.26. The molecule has 0 fully saturated rings. The molecular weight excluding hydrogens is 865 g/mol. The van der Waals surface area contributed by atoms with E-state index in [1.165, 1.54) is 38.4 Å². The first-order valence-corrected chi connectivity index (χ1v) is 24.4. The van der Waals surface area contributed by atoms with E-state index in [2.05, 4.69) is 137 Å². The lowest BCUT2D eigenvalue weighted by molar-refractivity contribution is -0.669. The van der Waals surface area contributed by atoms with Gasteiger partial charge in [0.1, 0.15) is 29.4 Å². The maximum atomic E-state index is 11.5. The summed E-state index contributed by atoms with van der Waals surface area (Å²) in [7, 11) is -4.26. The highest BCUT2D eigenvalue weighted by molar-refractivity contribution is 8.04. The van der Waals surface area contributed by atoms with Gasteiger partial charge < -0.3 is 14.4 Å². The summed E-state index contributed by atoms with van der Waals surface area (Å²) >= 11 is 3.55. The Morgan fingerprint density at radius 3 is 1.58 bits per heavy atom. The number of thiazole rings is 1. The lowest BCUT2D eigenvalue weighted by Gasteiger charge is -2.21. The Hall–Kier alpha value is -6.95. The first-order valence-electron chi connectivity index (χ1n) is 21.3. The Bertz CT molecular complexity index is 3230. The second-order valence-corrected chi connectivity index (χ2v) is 19.1. The van der Waals surface area contributed by atoms with Gasteiger partial charge in [0.25, 0.3) is 15.1 Å². The van der Waals surface area contributed by atoms with Gasteiger partial charge in [0, 0.05) is 11.0 Å². The van der Waals surface area contributed by atoms with Crippen LogP contribution in [0.5, 0.6) is 11.5 Å². The molecule has 9 aromatic rings. The molecule has 1 aliphatic heterocycles. The fourth-order valence-corrected chi connectivity index (χ4v) is 10.8. The molecule has 0 saturated heterocycles. The van der Waals surface area contributed by atoms with Crippen molar-refractivity contribution in [3.05, 3.63) is 210 Å². The van der Waals surface area contributed by atoms with Crippen LogP contribution in [0.1, 0.15) is 5.01 Å². The number of rotatable bonds is 14. The van der Waals surface area contributed by atoms with Gasteiger partial charge in [-0.1, -0.05) is 163 Å². The van der Waals surface area contributed by atoms with Crippen molar-refractivity contribution in [1.29, 1.82) is 0 Å². The van der Waals surface area contributed by atoms with Crippen LogP contribution in [0, 0.1) is 0 Å². The van der Waals surface area contributed by atoms with E-state index in [-0.39, 0.29) is 4.90 Å². The molecule has 8 aromatic carbocycles. The van der Waals surface area contributed by atoms with Crippen LogP contribution >= 0.6 is 23.1 Å². The molecule has 10 heteroatoms. The Morgan fingerprint density at radius 1 is 0.538 bits per heavy atom. The number of nitrogens with zero attached hydrogens (tertiary/aromatic N) is 2. The number of benzene rings is 8. The maximum Gasteiger partial charge on any atom is 0.294 e. The lowest BCUT2D eigenvalue weighted by atomic mass is 10.0. The van der Waals surface area contributed by atoms with E-state index >= 15 is 0 Å². The zero-order chi connectivity index (χ0) is 44.2. The monoisotopic (exact) mass is 907 g/mol. The predicted octanol–water partition coefficient (Wildman–Crippen LogP) is 13.2. The minimum Gasteiger partial charge on any atom is -0.492 e. The number of hydrogen-bond acceptors (Lipinski definition) is 7. The molecule has 0 saturated carbocycles. The smallest absolute Gasteiger partial charge is 0.294 e. The van der Waals surface area contributed by atoms with E-state index in [4.69, 9.17) is 9.47 Å². The van der Waals surface area contributed by atoms with Crippen molar-refractivity contribution >= 4 is 55.2 Å². The molecule has 0 unspecified atom stereocenters. The number of fused-ring (bicyclic) bond motifs is 2. The zero-order valence-electron chi connectivity index (χ0n) is 35.2. The minimum absolute atomic E-state index is 0.137. The van der Waals surface area contributed by atoms with Crippen LogP contribution in [0.3, 0.4) is 0 Å². The summed E-state index contributed by atoms with van der Waals surface area (Å²) in [5, 5.41) is 2.23. The van der Waals surface area contributed by atoms with Gasteiger partial charge in [-0.2, -0.15) is 13.0 Å². The summed E-state index contributed by atoms with van der Waals surface area (Å²) in [5.41, 5.74) is 11.0. The summed E-state index contributed by atoms with van der Waals surface area (Å²) in [6.45, 7) is 2.18. The van der Waals surface area contributed by atoms with Crippen LogP contribution in [-0.4, -0.2) is 32.7 Å². The standard InChI is InChI=1S/C55H42N2O5S3/c58-65(59,60)49-28-20-44(21-29-49)43-18-26-48(27-19-43)62-35-33-57-51-37-46(41-14-8-3-9-15-41)23-31-53(51)64-55(57)38-54-56(50-36-45(22-30-52(50)63-54)40-12-6-2-7-13-40)32-34-61-47-24-16-42(17-25-47)39-10-4-1-5-11-39/h1-31,36-38H,32-35H2/p+1. The van der Waals surface area contributed by atoms with Gasteiger partial charge in [-0.25, -0.2) is 0 Å². The molecule has 1 aromatic heterocycles. The van der Waals surface area contributed by atoms with Crippen LogP contribution < -0.4 is 18.9 Å².